The molecule has 1 unspecified atom stereocenters. The molecule has 1 atom stereocenters. The summed E-state index contributed by atoms with van der Waals surface area (Å²) < 4.78 is 15.8. The van der Waals surface area contributed by atoms with Gasteiger partial charge in [-0.2, -0.15) is 9.97 Å². The van der Waals surface area contributed by atoms with Crippen molar-refractivity contribution in [2.75, 3.05) is 27.3 Å². The fourth-order valence-corrected chi connectivity index (χ4v) is 1.72. The summed E-state index contributed by atoms with van der Waals surface area (Å²) in [5, 5.41) is 3.27. The third kappa shape index (κ3) is 3.20. The highest BCUT2D eigenvalue weighted by molar-refractivity contribution is 5.22. The number of nitrogens with zero attached hydrogens (tertiary/aromatic N) is 2. The number of hydrogen-bond acceptors (Lipinski definition) is 6. The SMILES string of the molecule is COc1cc(OC)nc(OC2CCCNC2)n1. The first-order valence-corrected chi connectivity index (χ1v) is 5.66. The number of hydrogen-bond donors (Lipinski definition) is 1. The predicted molar refractivity (Wildman–Crippen MR) is 61.7 cm³/mol. The molecule has 2 heterocycles. The standard InChI is InChI=1S/C11H17N3O3/c1-15-9-6-10(16-2)14-11(13-9)17-8-4-3-5-12-7-8/h6,8,12H,3-5,7H2,1-2H3. The molecular weight excluding hydrogens is 222 g/mol. The van der Waals surface area contributed by atoms with Gasteiger partial charge in [0, 0.05) is 6.54 Å². The Labute approximate surface area is 100 Å². The smallest absolute Gasteiger partial charge is 0.323 e. The van der Waals surface area contributed by atoms with E-state index < -0.39 is 0 Å². The molecule has 0 spiro atoms. The Hall–Kier alpha value is -1.56. The first-order chi connectivity index (χ1) is 8.31. The summed E-state index contributed by atoms with van der Waals surface area (Å²) in [7, 11) is 3.10. The monoisotopic (exact) mass is 239 g/mol. The van der Waals surface area contributed by atoms with E-state index in [0.717, 1.165) is 25.9 Å². The van der Waals surface area contributed by atoms with Crippen molar-refractivity contribution in [1.82, 2.24) is 15.3 Å². The zero-order valence-electron chi connectivity index (χ0n) is 10.1. The van der Waals surface area contributed by atoms with Gasteiger partial charge in [-0.15, -0.1) is 0 Å². The van der Waals surface area contributed by atoms with Crippen molar-refractivity contribution >= 4 is 0 Å². The zero-order chi connectivity index (χ0) is 12.1. The van der Waals surface area contributed by atoms with E-state index in [4.69, 9.17) is 14.2 Å². The van der Waals surface area contributed by atoms with Gasteiger partial charge in [0.15, 0.2) is 0 Å². The number of methoxy groups -OCH3 is 2. The van der Waals surface area contributed by atoms with Gasteiger partial charge in [0.05, 0.1) is 20.3 Å². The molecular formula is C11H17N3O3. The molecule has 2 rings (SSSR count). The topological polar surface area (TPSA) is 65.5 Å². The third-order valence-corrected chi connectivity index (χ3v) is 2.60. The highest BCUT2D eigenvalue weighted by atomic mass is 16.5. The van der Waals surface area contributed by atoms with Gasteiger partial charge in [-0.05, 0) is 19.4 Å². The van der Waals surface area contributed by atoms with Crippen LogP contribution in [0.15, 0.2) is 6.07 Å². The summed E-state index contributed by atoms with van der Waals surface area (Å²) in [5.41, 5.74) is 0. The Kier molecular flexibility index (Phi) is 3.98. The van der Waals surface area contributed by atoms with Crippen LogP contribution in [0.1, 0.15) is 12.8 Å². The van der Waals surface area contributed by atoms with Crippen molar-refractivity contribution in [3.05, 3.63) is 6.07 Å². The van der Waals surface area contributed by atoms with Crippen molar-refractivity contribution in [1.29, 1.82) is 0 Å². The van der Waals surface area contributed by atoms with Gasteiger partial charge in [0.1, 0.15) is 6.10 Å². The second-order valence-electron chi connectivity index (χ2n) is 3.82. The van der Waals surface area contributed by atoms with Crippen LogP contribution in [0.25, 0.3) is 0 Å². The first-order valence-electron chi connectivity index (χ1n) is 5.66. The van der Waals surface area contributed by atoms with E-state index in [1.165, 1.54) is 0 Å². The Morgan fingerprint density at radius 1 is 1.24 bits per heavy atom. The lowest BCUT2D eigenvalue weighted by Gasteiger charge is -2.22. The quantitative estimate of drug-likeness (QED) is 0.831. The second kappa shape index (κ2) is 5.67. The van der Waals surface area contributed by atoms with E-state index in [2.05, 4.69) is 15.3 Å². The molecule has 1 aromatic rings. The Morgan fingerprint density at radius 3 is 2.47 bits per heavy atom. The normalized spacial score (nSPS) is 19.8. The molecule has 1 N–H and O–H groups in total. The van der Waals surface area contributed by atoms with Crippen LogP contribution in [0.4, 0.5) is 0 Å². The van der Waals surface area contributed by atoms with Crippen molar-refractivity contribution in [2.24, 2.45) is 0 Å². The van der Waals surface area contributed by atoms with Gasteiger partial charge in [0.2, 0.25) is 11.8 Å². The molecule has 6 heteroatoms. The summed E-state index contributed by atoms with van der Waals surface area (Å²) in [6, 6.07) is 1.92. The van der Waals surface area contributed by atoms with Gasteiger partial charge in [0.25, 0.3) is 0 Å². The van der Waals surface area contributed by atoms with Crippen molar-refractivity contribution in [3.8, 4) is 17.8 Å². The zero-order valence-corrected chi connectivity index (χ0v) is 10.1. The van der Waals surface area contributed by atoms with Crippen molar-refractivity contribution < 1.29 is 14.2 Å². The van der Waals surface area contributed by atoms with Crippen LogP contribution >= 0.6 is 0 Å². The molecule has 0 aromatic carbocycles. The van der Waals surface area contributed by atoms with E-state index in [9.17, 15) is 0 Å². The summed E-state index contributed by atoms with van der Waals surface area (Å²) in [4.78, 5) is 8.26. The lowest BCUT2D eigenvalue weighted by Crippen LogP contribution is -2.37. The predicted octanol–water partition coefficient (Wildman–Crippen LogP) is 0.625. The van der Waals surface area contributed by atoms with Crippen LogP contribution in [0.5, 0.6) is 17.8 Å². The van der Waals surface area contributed by atoms with Gasteiger partial charge in [-0.25, -0.2) is 0 Å². The number of piperidine rings is 1. The van der Waals surface area contributed by atoms with E-state index in [1.54, 1.807) is 20.3 Å². The molecule has 94 valence electrons. The number of nitrogens with one attached hydrogen (secondary N) is 1. The summed E-state index contributed by atoms with van der Waals surface area (Å²) in [5.74, 6) is 0.881. The summed E-state index contributed by atoms with van der Waals surface area (Å²) in [6.07, 6.45) is 2.22. The molecule has 0 radical (unpaired) electrons. The van der Waals surface area contributed by atoms with Gasteiger partial charge in [-0.3, -0.25) is 0 Å². The maximum atomic E-state index is 5.70. The van der Waals surface area contributed by atoms with E-state index in [1.807, 2.05) is 0 Å². The fraction of sp³-hybridized carbons (Fsp3) is 0.636. The molecule has 1 aliphatic heterocycles. The minimum absolute atomic E-state index is 0.112. The van der Waals surface area contributed by atoms with Crippen LogP contribution in [0.2, 0.25) is 0 Å². The summed E-state index contributed by atoms with van der Waals surface area (Å²) in [6.45, 7) is 1.87. The van der Waals surface area contributed by atoms with Crippen LogP contribution < -0.4 is 19.5 Å². The third-order valence-electron chi connectivity index (χ3n) is 2.60. The molecule has 6 nitrogen and oxygen atoms in total. The Balaban J connectivity index is 2.07. The van der Waals surface area contributed by atoms with Crippen LogP contribution in [-0.2, 0) is 0 Å². The number of ether oxygens (including phenoxy) is 3. The van der Waals surface area contributed by atoms with Crippen molar-refractivity contribution in [2.45, 2.75) is 18.9 Å². The highest BCUT2D eigenvalue weighted by Crippen LogP contribution is 2.20. The minimum atomic E-state index is 0.112. The molecule has 0 amide bonds. The maximum absolute atomic E-state index is 5.70. The van der Waals surface area contributed by atoms with Gasteiger partial charge in [-0.1, -0.05) is 0 Å². The number of rotatable bonds is 4. The Bertz CT molecular complexity index is 345. The van der Waals surface area contributed by atoms with E-state index in [-0.39, 0.29) is 6.10 Å². The largest absolute Gasteiger partial charge is 0.481 e. The van der Waals surface area contributed by atoms with Crippen molar-refractivity contribution in [3.63, 3.8) is 0 Å². The molecule has 1 fully saturated rings. The molecule has 0 bridgehead atoms. The lowest BCUT2D eigenvalue weighted by atomic mass is 10.1. The molecule has 1 saturated heterocycles. The fourth-order valence-electron chi connectivity index (χ4n) is 1.72. The first kappa shape index (κ1) is 11.9. The van der Waals surface area contributed by atoms with Crippen LogP contribution in [0, 0.1) is 0 Å². The minimum Gasteiger partial charge on any atom is -0.481 e. The molecule has 0 aliphatic carbocycles. The molecule has 1 aromatic heterocycles. The molecule has 0 saturated carbocycles. The molecule has 17 heavy (non-hydrogen) atoms. The average Bonchev–Trinajstić information content (AvgIpc) is 2.39. The summed E-state index contributed by atoms with van der Waals surface area (Å²) >= 11 is 0. The maximum Gasteiger partial charge on any atom is 0.323 e. The van der Waals surface area contributed by atoms with E-state index in [0.29, 0.717) is 17.8 Å². The van der Waals surface area contributed by atoms with Crippen LogP contribution in [0.3, 0.4) is 0 Å². The average molecular weight is 239 g/mol. The highest BCUT2D eigenvalue weighted by Gasteiger charge is 2.16. The Morgan fingerprint density at radius 2 is 1.94 bits per heavy atom. The lowest BCUT2D eigenvalue weighted by molar-refractivity contribution is 0.150. The van der Waals surface area contributed by atoms with Gasteiger partial charge < -0.3 is 19.5 Å². The van der Waals surface area contributed by atoms with Crippen LogP contribution in [-0.4, -0.2) is 43.4 Å². The second-order valence-corrected chi connectivity index (χ2v) is 3.82. The number of aromatic nitrogens is 2. The van der Waals surface area contributed by atoms with Gasteiger partial charge >= 0.3 is 6.01 Å². The molecule has 1 aliphatic rings. The van der Waals surface area contributed by atoms with E-state index >= 15 is 0 Å².